The van der Waals surface area contributed by atoms with Gasteiger partial charge in [-0.3, -0.25) is 4.79 Å². The minimum absolute atomic E-state index is 0.0581. The minimum Gasteiger partial charge on any atom is -0.507 e. The second kappa shape index (κ2) is 8.28. The Bertz CT molecular complexity index is 1680. The van der Waals surface area contributed by atoms with Crippen molar-refractivity contribution in [3.63, 3.8) is 0 Å². The number of aromatic carboxylic acids is 1. The molecule has 2 heterocycles. The lowest BCUT2D eigenvalue weighted by molar-refractivity contribution is 0.0660. The topological polar surface area (TPSA) is 101 Å². The molecule has 0 atom stereocenters. The van der Waals surface area contributed by atoms with Gasteiger partial charge in [0.05, 0.1) is 17.2 Å². The van der Waals surface area contributed by atoms with Crippen LogP contribution >= 0.6 is 11.6 Å². The summed E-state index contributed by atoms with van der Waals surface area (Å²) >= 11 is 5.99. The van der Waals surface area contributed by atoms with Gasteiger partial charge in [-0.25, -0.2) is 4.79 Å². The molecule has 5 rings (SSSR count). The summed E-state index contributed by atoms with van der Waals surface area (Å²) in [6.45, 7) is 7.81. The van der Waals surface area contributed by atoms with Crippen LogP contribution in [0.4, 0.5) is 0 Å². The molecule has 0 unspecified atom stereocenters. The molecule has 6 nitrogen and oxygen atoms in total. The van der Waals surface area contributed by atoms with Gasteiger partial charge in [0.15, 0.2) is 5.78 Å². The van der Waals surface area contributed by atoms with E-state index in [0.29, 0.717) is 38.1 Å². The molecule has 0 saturated carbocycles. The van der Waals surface area contributed by atoms with Crippen LogP contribution in [0.15, 0.2) is 63.6 Å². The number of furan rings is 2. The Morgan fingerprint density at radius 3 is 2.31 bits per heavy atom. The third-order valence-electron chi connectivity index (χ3n) is 6.34. The Labute approximate surface area is 211 Å². The molecular weight excluding hydrogens is 480 g/mol. The molecule has 0 aliphatic carbocycles. The van der Waals surface area contributed by atoms with Crippen LogP contribution in [0.3, 0.4) is 0 Å². The molecule has 7 heteroatoms. The summed E-state index contributed by atoms with van der Waals surface area (Å²) in [6, 6.07) is 13.2. The number of hydrogen-bond acceptors (Lipinski definition) is 5. The van der Waals surface area contributed by atoms with Crippen molar-refractivity contribution in [2.24, 2.45) is 0 Å². The van der Waals surface area contributed by atoms with Crippen LogP contribution in [0, 0.1) is 6.92 Å². The predicted octanol–water partition coefficient (Wildman–Crippen LogP) is 7.74. The second-order valence-corrected chi connectivity index (χ2v) is 10.3. The molecule has 0 bridgehead atoms. The molecule has 2 aromatic heterocycles. The van der Waals surface area contributed by atoms with Crippen molar-refractivity contribution in [3.8, 4) is 16.9 Å². The summed E-state index contributed by atoms with van der Waals surface area (Å²) in [7, 11) is 0. The lowest BCUT2D eigenvalue weighted by atomic mass is 9.82. The molecule has 5 aromatic rings. The van der Waals surface area contributed by atoms with Crippen molar-refractivity contribution in [1.29, 1.82) is 0 Å². The molecule has 0 aliphatic rings. The number of aryl methyl sites for hydroxylation is 1. The molecule has 0 spiro atoms. The summed E-state index contributed by atoms with van der Waals surface area (Å²) in [5.41, 5.74) is 3.14. The number of carbonyl (C=O) groups is 2. The fourth-order valence-electron chi connectivity index (χ4n) is 4.61. The van der Waals surface area contributed by atoms with Crippen LogP contribution in [-0.4, -0.2) is 22.0 Å². The third kappa shape index (κ3) is 3.65. The highest BCUT2D eigenvalue weighted by Gasteiger charge is 2.31. The smallest absolute Gasteiger partial charge is 0.372 e. The Morgan fingerprint density at radius 2 is 1.67 bits per heavy atom. The van der Waals surface area contributed by atoms with Gasteiger partial charge >= 0.3 is 5.97 Å². The van der Waals surface area contributed by atoms with E-state index < -0.39 is 22.9 Å². The quantitative estimate of drug-likeness (QED) is 0.244. The molecule has 0 radical (unpaired) electrons. The second-order valence-electron chi connectivity index (χ2n) is 9.82. The number of aromatic hydroxyl groups is 1. The number of rotatable bonds is 4. The van der Waals surface area contributed by atoms with Crippen molar-refractivity contribution in [2.75, 3.05) is 0 Å². The summed E-state index contributed by atoms with van der Waals surface area (Å²) < 4.78 is 11.6. The SMILES string of the molecule is Cc1coc2c(-c3cccc4oc(C(=O)O)c(C(=O)c5ccc(Cl)cc5)c34)cc(C(C)(C)C)c(O)c12. The van der Waals surface area contributed by atoms with E-state index in [1.165, 1.54) is 0 Å². The van der Waals surface area contributed by atoms with Crippen LogP contribution in [0.5, 0.6) is 5.75 Å². The molecule has 2 N–H and O–H groups in total. The summed E-state index contributed by atoms with van der Waals surface area (Å²) in [5.74, 6) is -2.17. The van der Waals surface area contributed by atoms with Gasteiger partial charge in [-0.15, -0.1) is 0 Å². The first-order valence-electron chi connectivity index (χ1n) is 11.3. The molecule has 182 valence electrons. The maximum Gasteiger partial charge on any atom is 0.372 e. The standard InChI is InChI=1S/C29H23ClO6/c1-14-13-35-26-18(12-19(29(2,3)4)25(32)21(14)26)17-6-5-7-20-22(17)23(27(36-20)28(33)34)24(31)15-8-10-16(30)11-9-15/h5-13,32H,1-4H3,(H,33,34). The van der Waals surface area contributed by atoms with Crippen LogP contribution in [-0.2, 0) is 5.41 Å². The van der Waals surface area contributed by atoms with Gasteiger partial charge in [-0.1, -0.05) is 44.5 Å². The molecule has 3 aromatic carbocycles. The maximum absolute atomic E-state index is 13.7. The van der Waals surface area contributed by atoms with Crippen molar-refractivity contribution in [3.05, 3.63) is 87.8 Å². The molecule has 0 aliphatic heterocycles. The highest BCUT2D eigenvalue weighted by atomic mass is 35.5. The van der Waals surface area contributed by atoms with Gasteiger partial charge in [0.25, 0.3) is 0 Å². The summed E-state index contributed by atoms with van der Waals surface area (Å²) in [5, 5.41) is 22.4. The van der Waals surface area contributed by atoms with Crippen LogP contribution in [0.25, 0.3) is 33.1 Å². The highest BCUT2D eigenvalue weighted by Crippen LogP contribution is 2.46. The van der Waals surface area contributed by atoms with Gasteiger partial charge in [-0.2, -0.15) is 0 Å². The molecule has 0 saturated heterocycles. The number of benzene rings is 3. The van der Waals surface area contributed by atoms with Gasteiger partial charge < -0.3 is 19.0 Å². The first kappa shape index (κ1) is 23.7. The number of hydrogen-bond donors (Lipinski definition) is 2. The van der Waals surface area contributed by atoms with Gasteiger partial charge in [0, 0.05) is 27.1 Å². The largest absolute Gasteiger partial charge is 0.507 e. The number of fused-ring (bicyclic) bond motifs is 2. The maximum atomic E-state index is 13.7. The lowest BCUT2D eigenvalue weighted by Gasteiger charge is -2.22. The van der Waals surface area contributed by atoms with Crippen LogP contribution in [0.2, 0.25) is 5.02 Å². The highest BCUT2D eigenvalue weighted by molar-refractivity contribution is 6.31. The molecule has 0 amide bonds. The molecule has 36 heavy (non-hydrogen) atoms. The van der Waals surface area contributed by atoms with E-state index in [-0.39, 0.29) is 22.5 Å². The minimum atomic E-state index is -1.35. The number of carboxylic acids is 1. The first-order valence-corrected chi connectivity index (χ1v) is 11.7. The van der Waals surface area contributed by atoms with E-state index >= 15 is 0 Å². The predicted molar refractivity (Wildman–Crippen MR) is 138 cm³/mol. The van der Waals surface area contributed by atoms with Crippen molar-refractivity contribution in [2.45, 2.75) is 33.1 Å². The number of carbonyl (C=O) groups excluding carboxylic acids is 1. The zero-order chi connectivity index (χ0) is 25.9. The summed E-state index contributed by atoms with van der Waals surface area (Å²) in [6.07, 6.45) is 1.57. The van der Waals surface area contributed by atoms with Crippen molar-refractivity contribution in [1.82, 2.24) is 0 Å². The van der Waals surface area contributed by atoms with E-state index in [9.17, 15) is 19.8 Å². The van der Waals surface area contributed by atoms with Crippen molar-refractivity contribution >= 4 is 45.3 Å². The number of halogens is 1. The lowest BCUT2D eigenvalue weighted by Crippen LogP contribution is -2.12. The Hall–Kier alpha value is -4.03. The van der Waals surface area contributed by atoms with E-state index in [1.54, 1.807) is 48.7 Å². The zero-order valence-electron chi connectivity index (χ0n) is 20.1. The Morgan fingerprint density at radius 1 is 0.972 bits per heavy atom. The normalized spacial score (nSPS) is 11.9. The Balaban J connectivity index is 1.90. The number of phenolic OH excluding ortho intramolecular Hbond substituents is 1. The van der Waals surface area contributed by atoms with Gasteiger partial charge in [0.1, 0.15) is 16.9 Å². The van der Waals surface area contributed by atoms with Crippen molar-refractivity contribution < 1.29 is 28.6 Å². The monoisotopic (exact) mass is 502 g/mol. The van der Waals surface area contributed by atoms with E-state index in [0.717, 1.165) is 5.56 Å². The Kier molecular flexibility index (Phi) is 5.45. The number of carboxylic acid groups (broad SMARTS) is 1. The molecule has 0 fully saturated rings. The summed E-state index contributed by atoms with van der Waals surface area (Å²) in [4.78, 5) is 25.8. The fourth-order valence-corrected chi connectivity index (χ4v) is 4.73. The average molecular weight is 503 g/mol. The van der Waals surface area contributed by atoms with E-state index in [4.69, 9.17) is 20.4 Å². The van der Waals surface area contributed by atoms with Gasteiger partial charge in [0.2, 0.25) is 5.76 Å². The first-order chi connectivity index (χ1) is 17.0. The van der Waals surface area contributed by atoms with Gasteiger partial charge in [-0.05, 0) is 59.9 Å². The average Bonchev–Trinajstić information content (AvgIpc) is 3.40. The van der Waals surface area contributed by atoms with E-state index in [2.05, 4.69) is 0 Å². The molecular formula is C29H23ClO6. The van der Waals surface area contributed by atoms with Crippen LogP contribution < -0.4 is 0 Å². The zero-order valence-corrected chi connectivity index (χ0v) is 20.9. The number of phenols is 1. The van der Waals surface area contributed by atoms with Crippen LogP contribution in [0.1, 0.15) is 58.4 Å². The third-order valence-corrected chi connectivity index (χ3v) is 6.59. The van der Waals surface area contributed by atoms with E-state index in [1.807, 2.05) is 33.8 Å². The fraction of sp³-hybridized carbons (Fsp3) is 0.172. The number of ketones is 1.